The minimum atomic E-state index is -0.417. The van der Waals surface area contributed by atoms with Crippen LogP contribution in [-0.2, 0) is 4.74 Å². The number of carbonyl (C=O) groups excluding carboxylic acids is 1. The first-order valence-electron chi connectivity index (χ1n) is 9.05. The highest BCUT2D eigenvalue weighted by atomic mass is 16.6. The van der Waals surface area contributed by atoms with Crippen LogP contribution in [0.5, 0.6) is 0 Å². The maximum absolute atomic E-state index is 11.8. The average molecular weight is 310 g/mol. The van der Waals surface area contributed by atoms with Gasteiger partial charge in [0.1, 0.15) is 5.60 Å². The highest BCUT2D eigenvalue weighted by Crippen LogP contribution is 2.43. The molecule has 1 amide bonds. The Morgan fingerprint density at radius 2 is 1.73 bits per heavy atom. The number of amides is 1. The fourth-order valence-electron chi connectivity index (χ4n) is 3.61. The monoisotopic (exact) mass is 310 g/mol. The predicted molar refractivity (Wildman–Crippen MR) is 90.0 cm³/mol. The Balaban J connectivity index is 1.64. The van der Waals surface area contributed by atoms with Crippen LogP contribution >= 0.6 is 0 Å². The van der Waals surface area contributed by atoms with Crippen molar-refractivity contribution in [2.45, 2.75) is 96.7 Å². The Hall–Kier alpha value is -0.770. The van der Waals surface area contributed by atoms with E-state index in [9.17, 15) is 4.79 Å². The molecule has 0 aromatic heterocycles. The van der Waals surface area contributed by atoms with Crippen LogP contribution in [0.2, 0.25) is 0 Å². The summed E-state index contributed by atoms with van der Waals surface area (Å²) >= 11 is 0. The fourth-order valence-corrected chi connectivity index (χ4v) is 3.61. The smallest absolute Gasteiger partial charge is 0.407 e. The number of rotatable bonds is 5. The van der Waals surface area contributed by atoms with E-state index in [2.05, 4.69) is 17.6 Å². The van der Waals surface area contributed by atoms with E-state index < -0.39 is 5.60 Å². The molecule has 2 aliphatic carbocycles. The van der Waals surface area contributed by atoms with E-state index in [-0.39, 0.29) is 12.1 Å². The lowest BCUT2D eigenvalue weighted by atomic mass is 9.67. The molecule has 0 heterocycles. The molecule has 0 atom stereocenters. The minimum Gasteiger partial charge on any atom is -0.444 e. The zero-order valence-electron chi connectivity index (χ0n) is 14.8. The second-order valence-electron chi connectivity index (χ2n) is 8.28. The molecule has 2 saturated carbocycles. The summed E-state index contributed by atoms with van der Waals surface area (Å²) in [6.07, 6.45) is 9.63. The topological polar surface area (TPSA) is 50.4 Å². The van der Waals surface area contributed by atoms with Crippen molar-refractivity contribution in [1.82, 2.24) is 10.6 Å². The predicted octanol–water partition coefficient (Wildman–Crippen LogP) is 3.99. The molecule has 2 rings (SSSR count). The Kier molecular flexibility index (Phi) is 5.76. The number of alkyl carbamates (subject to hydrolysis) is 1. The second kappa shape index (κ2) is 7.20. The SMILES string of the molecule is CCC1(CNC2CCC(NC(=O)OC(C)(C)C)CC2)CCC1. The van der Waals surface area contributed by atoms with Gasteiger partial charge in [0, 0.05) is 18.6 Å². The molecule has 0 radical (unpaired) electrons. The van der Waals surface area contributed by atoms with Crippen LogP contribution in [0.4, 0.5) is 4.79 Å². The molecule has 4 heteroatoms. The maximum atomic E-state index is 11.8. The van der Waals surface area contributed by atoms with Gasteiger partial charge >= 0.3 is 6.09 Å². The van der Waals surface area contributed by atoms with Crippen molar-refractivity contribution in [3.63, 3.8) is 0 Å². The average Bonchev–Trinajstić information content (AvgIpc) is 2.37. The van der Waals surface area contributed by atoms with Crippen molar-refractivity contribution >= 4 is 6.09 Å². The summed E-state index contributed by atoms with van der Waals surface area (Å²) in [6, 6.07) is 0.900. The molecule has 0 bridgehead atoms. The zero-order chi connectivity index (χ0) is 16.2. The Labute approximate surface area is 135 Å². The number of ether oxygens (including phenoxy) is 1. The van der Waals surface area contributed by atoms with Crippen molar-refractivity contribution in [2.24, 2.45) is 5.41 Å². The molecule has 22 heavy (non-hydrogen) atoms. The summed E-state index contributed by atoms with van der Waals surface area (Å²) in [5, 5.41) is 6.80. The number of hydrogen-bond donors (Lipinski definition) is 2. The minimum absolute atomic E-state index is 0.275. The quantitative estimate of drug-likeness (QED) is 0.807. The van der Waals surface area contributed by atoms with Gasteiger partial charge in [-0.3, -0.25) is 0 Å². The summed E-state index contributed by atoms with van der Waals surface area (Å²) in [5.74, 6) is 0. The zero-order valence-corrected chi connectivity index (χ0v) is 14.8. The van der Waals surface area contributed by atoms with Gasteiger partial charge in [0.25, 0.3) is 0 Å². The molecule has 0 aromatic carbocycles. The van der Waals surface area contributed by atoms with E-state index in [1.165, 1.54) is 32.2 Å². The van der Waals surface area contributed by atoms with E-state index in [0.29, 0.717) is 11.5 Å². The number of carbonyl (C=O) groups is 1. The van der Waals surface area contributed by atoms with Crippen LogP contribution in [0.25, 0.3) is 0 Å². The molecular formula is C18H34N2O2. The van der Waals surface area contributed by atoms with Crippen molar-refractivity contribution in [3.8, 4) is 0 Å². The molecule has 2 aliphatic rings. The van der Waals surface area contributed by atoms with Crippen LogP contribution in [-0.4, -0.2) is 30.3 Å². The summed E-state index contributed by atoms with van der Waals surface area (Å²) in [4.78, 5) is 11.8. The standard InChI is InChI=1S/C18H34N2O2/c1-5-18(11-6-12-18)13-19-14-7-9-15(10-8-14)20-16(21)22-17(2,3)4/h14-15,19H,5-13H2,1-4H3,(H,20,21). The Bertz CT molecular complexity index is 358. The van der Waals surface area contributed by atoms with Gasteiger partial charge in [-0.1, -0.05) is 13.3 Å². The lowest BCUT2D eigenvalue weighted by Gasteiger charge is -2.43. The van der Waals surface area contributed by atoms with Gasteiger partial charge < -0.3 is 15.4 Å². The van der Waals surface area contributed by atoms with Crippen molar-refractivity contribution in [1.29, 1.82) is 0 Å². The molecule has 2 fully saturated rings. The molecule has 2 N–H and O–H groups in total. The largest absolute Gasteiger partial charge is 0.444 e. The second-order valence-corrected chi connectivity index (χ2v) is 8.28. The molecule has 0 unspecified atom stereocenters. The normalized spacial score (nSPS) is 27.8. The van der Waals surface area contributed by atoms with Gasteiger partial charge in [-0.05, 0) is 71.1 Å². The molecule has 0 aliphatic heterocycles. The first-order valence-corrected chi connectivity index (χ1v) is 9.05. The summed E-state index contributed by atoms with van der Waals surface area (Å²) in [6.45, 7) is 9.20. The van der Waals surface area contributed by atoms with Crippen LogP contribution in [0.3, 0.4) is 0 Å². The van der Waals surface area contributed by atoms with Gasteiger partial charge in [-0.25, -0.2) is 4.79 Å². The van der Waals surface area contributed by atoms with Crippen molar-refractivity contribution < 1.29 is 9.53 Å². The van der Waals surface area contributed by atoms with Crippen LogP contribution in [0.15, 0.2) is 0 Å². The molecular weight excluding hydrogens is 276 g/mol. The first-order chi connectivity index (χ1) is 10.3. The molecule has 0 aromatic rings. The molecule has 128 valence electrons. The van der Waals surface area contributed by atoms with Crippen LogP contribution in [0, 0.1) is 5.41 Å². The first kappa shape index (κ1) is 17.6. The lowest BCUT2D eigenvalue weighted by molar-refractivity contribution is 0.0487. The van der Waals surface area contributed by atoms with Crippen molar-refractivity contribution in [3.05, 3.63) is 0 Å². The van der Waals surface area contributed by atoms with E-state index in [1.54, 1.807) is 0 Å². The van der Waals surface area contributed by atoms with E-state index >= 15 is 0 Å². The van der Waals surface area contributed by atoms with Crippen LogP contribution < -0.4 is 10.6 Å². The fraction of sp³-hybridized carbons (Fsp3) is 0.944. The van der Waals surface area contributed by atoms with Crippen molar-refractivity contribution in [2.75, 3.05) is 6.54 Å². The highest BCUT2D eigenvalue weighted by Gasteiger charge is 2.35. The summed E-state index contributed by atoms with van der Waals surface area (Å²) in [7, 11) is 0. The third-order valence-corrected chi connectivity index (χ3v) is 5.38. The van der Waals surface area contributed by atoms with Gasteiger partial charge in [0.05, 0.1) is 0 Å². The number of nitrogens with one attached hydrogen (secondary N) is 2. The highest BCUT2D eigenvalue weighted by molar-refractivity contribution is 5.68. The summed E-state index contributed by atoms with van der Waals surface area (Å²) < 4.78 is 5.33. The van der Waals surface area contributed by atoms with Gasteiger partial charge in [0.2, 0.25) is 0 Å². The van der Waals surface area contributed by atoms with Gasteiger partial charge in [0.15, 0.2) is 0 Å². The third-order valence-electron chi connectivity index (χ3n) is 5.38. The maximum Gasteiger partial charge on any atom is 0.407 e. The van der Waals surface area contributed by atoms with E-state index in [1.807, 2.05) is 20.8 Å². The summed E-state index contributed by atoms with van der Waals surface area (Å²) in [5.41, 5.74) is 0.172. The number of hydrogen-bond acceptors (Lipinski definition) is 3. The Morgan fingerprint density at radius 3 is 2.18 bits per heavy atom. The molecule has 0 spiro atoms. The van der Waals surface area contributed by atoms with E-state index in [0.717, 1.165) is 25.7 Å². The van der Waals surface area contributed by atoms with E-state index in [4.69, 9.17) is 4.74 Å². The lowest BCUT2D eigenvalue weighted by Crippen LogP contribution is -2.47. The molecule has 0 saturated heterocycles. The molecule has 4 nitrogen and oxygen atoms in total. The van der Waals surface area contributed by atoms with Crippen LogP contribution in [0.1, 0.15) is 79.1 Å². The Morgan fingerprint density at radius 1 is 1.14 bits per heavy atom. The van der Waals surface area contributed by atoms with Gasteiger partial charge in [-0.2, -0.15) is 0 Å². The third kappa shape index (κ3) is 5.15. The van der Waals surface area contributed by atoms with Gasteiger partial charge in [-0.15, -0.1) is 0 Å².